The van der Waals surface area contributed by atoms with Crippen LogP contribution in [0.1, 0.15) is 52.4 Å². The lowest BCUT2D eigenvalue weighted by molar-refractivity contribution is 0.0862. The summed E-state index contributed by atoms with van der Waals surface area (Å²) >= 11 is 0. The van der Waals surface area contributed by atoms with Gasteiger partial charge in [0.25, 0.3) is 0 Å². The molecule has 2 nitrogen and oxygen atoms in total. The molecule has 2 saturated carbocycles. The highest BCUT2D eigenvalue weighted by Gasteiger charge is 2.32. The van der Waals surface area contributed by atoms with Gasteiger partial charge in [-0.2, -0.15) is 0 Å². The van der Waals surface area contributed by atoms with E-state index in [1.807, 2.05) is 0 Å². The largest absolute Gasteiger partial charge is 0.326 e. The van der Waals surface area contributed by atoms with Crippen LogP contribution >= 0.6 is 0 Å². The second-order valence-electron chi connectivity index (χ2n) is 6.03. The van der Waals surface area contributed by atoms with Gasteiger partial charge in [-0.1, -0.05) is 20.3 Å². The molecule has 0 spiro atoms. The maximum Gasteiger partial charge on any atom is 0.0249 e. The van der Waals surface area contributed by atoms with E-state index >= 15 is 0 Å². The zero-order valence-corrected chi connectivity index (χ0v) is 11.0. The molecule has 3 unspecified atom stereocenters. The van der Waals surface area contributed by atoms with Gasteiger partial charge in [0.05, 0.1) is 0 Å². The lowest BCUT2D eigenvalue weighted by Gasteiger charge is -2.43. The van der Waals surface area contributed by atoms with Crippen LogP contribution in [0, 0.1) is 11.8 Å². The van der Waals surface area contributed by atoms with Gasteiger partial charge < -0.3 is 5.73 Å². The summed E-state index contributed by atoms with van der Waals surface area (Å²) in [6, 6.07) is 1.09. The molecule has 2 N–H and O–H groups in total. The molecule has 2 fully saturated rings. The predicted octanol–water partition coefficient (Wildman–Crippen LogP) is 2.62. The van der Waals surface area contributed by atoms with E-state index in [1.165, 1.54) is 51.6 Å². The van der Waals surface area contributed by atoms with E-state index in [0.29, 0.717) is 12.1 Å². The van der Waals surface area contributed by atoms with Gasteiger partial charge in [0.15, 0.2) is 0 Å². The second kappa shape index (κ2) is 5.50. The highest BCUT2D eigenvalue weighted by atomic mass is 15.2. The summed E-state index contributed by atoms with van der Waals surface area (Å²) in [5, 5.41) is 0. The van der Waals surface area contributed by atoms with Crippen molar-refractivity contribution < 1.29 is 0 Å². The van der Waals surface area contributed by atoms with Crippen molar-refractivity contribution in [1.29, 1.82) is 0 Å². The molecule has 0 heterocycles. The Morgan fingerprint density at radius 2 is 1.94 bits per heavy atom. The maximum atomic E-state index is 6.31. The minimum Gasteiger partial charge on any atom is -0.326 e. The van der Waals surface area contributed by atoms with Gasteiger partial charge in [-0.25, -0.2) is 0 Å². The smallest absolute Gasteiger partial charge is 0.0249 e. The maximum absolute atomic E-state index is 6.31. The third kappa shape index (κ3) is 2.78. The van der Waals surface area contributed by atoms with Gasteiger partial charge in [0.2, 0.25) is 0 Å². The summed E-state index contributed by atoms with van der Waals surface area (Å²) in [5.74, 6) is 1.85. The number of nitrogens with two attached hydrogens (primary N) is 1. The molecule has 2 aliphatic carbocycles. The molecule has 0 bridgehead atoms. The fourth-order valence-electron chi connectivity index (χ4n) is 3.30. The van der Waals surface area contributed by atoms with Crippen LogP contribution in [0.3, 0.4) is 0 Å². The van der Waals surface area contributed by atoms with Crippen LogP contribution in [0.25, 0.3) is 0 Å². The van der Waals surface area contributed by atoms with Gasteiger partial charge in [-0.05, 0) is 50.5 Å². The lowest BCUT2D eigenvalue weighted by atomic mass is 9.80. The molecule has 2 aliphatic rings. The summed E-state index contributed by atoms with van der Waals surface area (Å²) in [7, 11) is 0. The van der Waals surface area contributed by atoms with Crippen LogP contribution in [-0.4, -0.2) is 30.1 Å². The Hall–Kier alpha value is -0.0800. The van der Waals surface area contributed by atoms with Crippen LogP contribution in [0.2, 0.25) is 0 Å². The first-order valence-corrected chi connectivity index (χ1v) is 7.20. The summed E-state index contributed by atoms with van der Waals surface area (Å²) in [6.07, 6.45) is 8.24. The SMILES string of the molecule is CCN(CC1CCC1)C1CC(C)CCC1N. The number of nitrogens with zero attached hydrogens (tertiary/aromatic N) is 1. The van der Waals surface area contributed by atoms with E-state index in [2.05, 4.69) is 18.7 Å². The Kier molecular flexibility index (Phi) is 4.26. The molecule has 0 aromatic carbocycles. The third-order valence-corrected chi connectivity index (χ3v) is 4.72. The molecule has 0 aromatic rings. The van der Waals surface area contributed by atoms with E-state index in [9.17, 15) is 0 Å². The molecule has 0 radical (unpaired) electrons. The van der Waals surface area contributed by atoms with Crippen molar-refractivity contribution in [3.63, 3.8) is 0 Å². The highest BCUT2D eigenvalue weighted by molar-refractivity contribution is 4.89. The summed E-state index contributed by atoms with van der Waals surface area (Å²) < 4.78 is 0. The van der Waals surface area contributed by atoms with Gasteiger partial charge in [0.1, 0.15) is 0 Å². The Morgan fingerprint density at radius 1 is 1.19 bits per heavy atom. The standard InChI is InChI=1S/C14H28N2/c1-3-16(10-12-5-4-6-12)14-9-11(2)7-8-13(14)15/h11-14H,3-10,15H2,1-2H3. The molecule has 94 valence electrons. The van der Waals surface area contributed by atoms with Crippen LogP contribution in [0.5, 0.6) is 0 Å². The minimum atomic E-state index is 0.427. The van der Waals surface area contributed by atoms with Crippen molar-refractivity contribution in [2.24, 2.45) is 17.6 Å². The van der Waals surface area contributed by atoms with Crippen molar-refractivity contribution in [3.05, 3.63) is 0 Å². The molecule has 0 aliphatic heterocycles. The Morgan fingerprint density at radius 3 is 2.50 bits per heavy atom. The monoisotopic (exact) mass is 224 g/mol. The Balaban J connectivity index is 1.89. The summed E-state index contributed by atoms with van der Waals surface area (Å²) in [4.78, 5) is 2.67. The number of rotatable bonds is 4. The fourth-order valence-corrected chi connectivity index (χ4v) is 3.30. The molecular weight excluding hydrogens is 196 g/mol. The molecule has 16 heavy (non-hydrogen) atoms. The van der Waals surface area contributed by atoms with Crippen molar-refractivity contribution in [2.45, 2.75) is 64.5 Å². The molecule has 0 amide bonds. The first-order valence-electron chi connectivity index (χ1n) is 7.20. The normalized spacial score (nSPS) is 36.4. The first-order chi connectivity index (χ1) is 7.70. The highest BCUT2D eigenvalue weighted by Crippen LogP contribution is 2.31. The summed E-state index contributed by atoms with van der Waals surface area (Å²) in [5.41, 5.74) is 6.31. The van der Waals surface area contributed by atoms with Crippen LogP contribution < -0.4 is 5.73 Å². The third-order valence-electron chi connectivity index (χ3n) is 4.72. The van der Waals surface area contributed by atoms with E-state index < -0.39 is 0 Å². The fraction of sp³-hybridized carbons (Fsp3) is 1.00. The van der Waals surface area contributed by atoms with E-state index in [-0.39, 0.29) is 0 Å². The molecule has 0 aromatic heterocycles. The molecule has 3 atom stereocenters. The van der Waals surface area contributed by atoms with Gasteiger partial charge in [0, 0.05) is 18.6 Å². The van der Waals surface area contributed by atoms with Gasteiger partial charge >= 0.3 is 0 Å². The topological polar surface area (TPSA) is 29.3 Å². The number of likely N-dealkylation sites (N-methyl/N-ethyl adjacent to an activating group) is 1. The summed E-state index contributed by atoms with van der Waals surface area (Å²) in [6.45, 7) is 7.17. The van der Waals surface area contributed by atoms with Crippen LogP contribution in [0.15, 0.2) is 0 Å². The Bertz CT molecular complexity index is 213. The van der Waals surface area contributed by atoms with Gasteiger partial charge in [-0.3, -0.25) is 4.90 Å². The lowest BCUT2D eigenvalue weighted by Crippen LogP contribution is -2.52. The zero-order chi connectivity index (χ0) is 11.5. The van der Waals surface area contributed by atoms with Gasteiger partial charge in [-0.15, -0.1) is 0 Å². The predicted molar refractivity (Wildman–Crippen MR) is 69.4 cm³/mol. The average molecular weight is 224 g/mol. The number of hydrogen-bond donors (Lipinski definition) is 1. The molecular formula is C14H28N2. The molecule has 0 saturated heterocycles. The molecule has 2 rings (SSSR count). The Labute approximate surface area is 101 Å². The quantitative estimate of drug-likeness (QED) is 0.795. The van der Waals surface area contributed by atoms with Crippen LogP contribution in [-0.2, 0) is 0 Å². The zero-order valence-electron chi connectivity index (χ0n) is 11.0. The second-order valence-corrected chi connectivity index (χ2v) is 6.03. The first kappa shape index (κ1) is 12.4. The van der Waals surface area contributed by atoms with Crippen molar-refractivity contribution in [3.8, 4) is 0 Å². The van der Waals surface area contributed by atoms with E-state index in [1.54, 1.807) is 0 Å². The average Bonchev–Trinajstić information content (AvgIpc) is 2.21. The number of hydrogen-bond acceptors (Lipinski definition) is 2. The van der Waals surface area contributed by atoms with Crippen molar-refractivity contribution in [2.75, 3.05) is 13.1 Å². The van der Waals surface area contributed by atoms with E-state index in [4.69, 9.17) is 5.73 Å². The van der Waals surface area contributed by atoms with Crippen molar-refractivity contribution >= 4 is 0 Å². The van der Waals surface area contributed by atoms with Crippen molar-refractivity contribution in [1.82, 2.24) is 4.90 Å². The van der Waals surface area contributed by atoms with Crippen LogP contribution in [0.4, 0.5) is 0 Å². The molecule has 2 heteroatoms. The van der Waals surface area contributed by atoms with E-state index in [0.717, 1.165) is 11.8 Å². The minimum absolute atomic E-state index is 0.427.